The van der Waals surface area contributed by atoms with Gasteiger partial charge >= 0.3 is 11.6 Å². The van der Waals surface area contributed by atoms with E-state index >= 15 is 0 Å². The third-order valence-corrected chi connectivity index (χ3v) is 6.02. The van der Waals surface area contributed by atoms with Crippen molar-refractivity contribution in [1.82, 2.24) is 4.57 Å². The Bertz CT molecular complexity index is 1190. The lowest BCUT2D eigenvalue weighted by atomic mass is 9.95. The second kappa shape index (κ2) is 7.36. The minimum absolute atomic E-state index is 0.0216. The number of carbonyl (C=O) groups is 1. The van der Waals surface area contributed by atoms with Crippen molar-refractivity contribution in [2.75, 3.05) is 5.32 Å². The van der Waals surface area contributed by atoms with Crippen LogP contribution in [0, 0.1) is 0 Å². The molecule has 1 fully saturated rings. The number of nitrogens with zero attached hydrogens (tertiary/aromatic N) is 2. The number of hydrogen-bond acceptors (Lipinski definition) is 2. The van der Waals surface area contributed by atoms with E-state index in [-0.39, 0.29) is 5.91 Å². The summed E-state index contributed by atoms with van der Waals surface area (Å²) in [6, 6.07) is 21.2. The average Bonchev–Trinajstić information content (AvgIpc) is 3.17. The monoisotopic (exact) mass is 384 g/mol. The van der Waals surface area contributed by atoms with Gasteiger partial charge in [-0.25, -0.2) is 4.79 Å². The predicted molar refractivity (Wildman–Crippen MR) is 117 cm³/mol. The van der Waals surface area contributed by atoms with Gasteiger partial charge < -0.3 is 5.32 Å². The Morgan fingerprint density at radius 2 is 1.72 bits per heavy atom. The van der Waals surface area contributed by atoms with E-state index in [0.717, 1.165) is 28.1 Å². The summed E-state index contributed by atoms with van der Waals surface area (Å²) in [6.07, 6.45) is 8.33. The fraction of sp³-hybridized carbons (Fsp3) is 0.280. The van der Waals surface area contributed by atoms with E-state index < -0.39 is 0 Å². The van der Waals surface area contributed by atoms with Crippen LogP contribution in [0.4, 0.5) is 5.69 Å². The SMILES string of the molecule is CC(=O)n1c(-c2ccccc2)c[n+]2c3ccccc3cc(NC3CCCCC3)c12. The lowest BCUT2D eigenvalue weighted by molar-refractivity contribution is -0.479. The number of pyridine rings is 1. The number of rotatable bonds is 3. The molecule has 4 aromatic rings. The molecule has 146 valence electrons. The topological polar surface area (TPSA) is 38.1 Å². The number of carbonyl (C=O) groups excluding carboxylic acids is 1. The molecule has 29 heavy (non-hydrogen) atoms. The Kier molecular flexibility index (Phi) is 4.55. The highest BCUT2D eigenvalue weighted by atomic mass is 16.1. The Labute approximate surface area is 170 Å². The van der Waals surface area contributed by atoms with Crippen LogP contribution in [-0.2, 0) is 0 Å². The number of imidazole rings is 1. The van der Waals surface area contributed by atoms with Gasteiger partial charge in [0.1, 0.15) is 17.4 Å². The minimum atomic E-state index is 0.0216. The van der Waals surface area contributed by atoms with Crippen LogP contribution in [-0.4, -0.2) is 16.5 Å². The summed E-state index contributed by atoms with van der Waals surface area (Å²) >= 11 is 0. The first-order chi connectivity index (χ1) is 14.2. The number of fused-ring (bicyclic) bond motifs is 3. The van der Waals surface area contributed by atoms with E-state index in [9.17, 15) is 4.79 Å². The number of nitrogens with one attached hydrogen (secondary N) is 1. The van der Waals surface area contributed by atoms with Crippen LogP contribution in [0.15, 0.2) is 66.9 Å². The molecule has 1 saturated carbocycles. The minimum Gasteiger partial charge on any atom is -0.376 e. The maximum absolute atomic E-state index is 12.8. The molecule has 0 atom stereocenters. The number of para-hydroxylation sites is 1. The van der Waals surface area contributed by atoms with Crippen LogP contribution >= 0.6 is 0 Å². The third-order valence-electron chi connectivity index (χ3n) is 6.02. The van der Waals surface area contributed by atoms with Crippen molar-refractivity contribution in [3.05, 3.63) is 66.9 Å². The molecule has 2 aromatic carbocycles. The molecule has 1 aliphatic rings. The highest BCUT2D eigenvalue weighted by Crippen LogP contribution is 2.29. The lowest BCUT2D eigenvalue weighted by Crippen LogP contribution is -2.28. The fourth-order valence-electron chi connectivity index (χ4n) is 4.65. The maximum atomic E-state index is 12.8. The molecular weight excluding hydrogens is 358 g/mol. The van der Waals surface area contributed by atoms with E-state index in [0.29, 0.717) is 6.04 Å². The summed E-state index contributed by atoms with van der Waals surface area (Å²) in [5, 5.41) is 4.95. The zero-order chi connectivity index (χ0) is 19.8. The van der Waals surface area contributed by atoms with Gasteiger partial charge in [0.05, 0.1) is 0 Å². The molecule has 0 amide bonds. The Morgan fingerprint density at radius 3 is 2.48 bits per heavy atom. The molecule has 0 bridgehead atoms. The van der Waals surface area contributed by atoms with E-state index in [1.54, 1.807) is 6.92 Å². The summed E-state index contributed by atoms with van der Waals surface area (Å²) < 4.78 is 4.02. The van der Waals surface area contributed by atoms with Crippen molar-refractivity contribution in [3.8, 4) is 11.3 Å². The summed E-state index contributed by atoms with van der Waals surface area (Å²) in [6.45, 7) is 1.64. The van der Waals surface area contributed by atoms with Crippen LogP contribution in [0.3, 0.4) is 0 Å². The van der Waals surface area contributed by atoms with Crippen LogP contribution in [0.2, 0.25) is 0 Å². The van der Waals surface area contributed by atoms with Gasteiger partial charge in [0, 0.05) is 23.9 Å². The molecule has 4 heteroatoms. The summed E-state index contributed by atoms with van der Waals surface area (Å²) in [5.74, 6) is 0.0216. The molecule has 4 nitrogen and oxygen atoms in total. The zero-order valence-electron chi connectivity index (χ0n) is 16.8. The molecule has 1 N–H and O–H groups in total. The summed E-state index contributed by atoms with van der Waals surface area (Å²) in [7, 11) is 0. The standard InChI is InChI=1S/C25H26N3O/c1-18(29)28-24(19-10-4-2-5-11-19)17-27-23-15-9-8-12-20(23)16-22(25(27)28)26-21-13-6-3-7-14-21/h2,4-5,8-12,15-17,21,26H,3,6-7,13-14H2,1H3/q+1. The Morgan fingerprint density at radius 1 is 1.00 bits per heavy atom. The van der Waals surface area contributed by atoms with Crippen LogP contribution in [0.25, 0.3) is 27.8 Å². The van der Waals surface area contributed by atoms with E-state index in [1.165, 1.54) is 37.5 Å². The molecule has 0 radical (unpaired) electrons. The van der Waals surface area contributed by atoms with Crippen LogP contribution in [0.5, 0.6) is 0 Å². The van der Waals surface area contributed by atoms with Gasteiger partial charge in [-0.1, -0.05) is 67.8 Å². The number of anilines is 1. The van der Waals surface area contributed by atoms with Gasteiger partial charge in [0.25, 0.3) is 0 Å². The molecule has 0 saturated heterocycles. The first kappa shape index (κ1) is 17.9. The molecular formula is C25H26N3O+. The highest BCUT2D eigenvalue weighted by Gasteiger charge is 2.28. The van der Waals surface area contributed by atoms with E-state index in [1.807, 2.05) is 22.8 Å². The number of benzene rings is 2. The first-order valence-electron chi connectivity index (χ1n) is 10.5. The lowest BCUT2D eigenvalue weighted by Gasteiger charge is -2.23. The number of aromatic nitrogens is 2. The summed E-state index contributed by atoms with van der Waals surface area (Å²) in [4.78, 5) is 12.8. The smallest absolute Gasteiger partial charge is 0.318 e. The normalized spacial score (nSPS) is 15.1. The van der Waals surface area contributed by atoms with Crippen molar-refractivity contribution in [2.45, 2.75) is 45.1 Å². The van der Waals surface area contributed by atoms with Crippen LogP contribution < -0.4 is 9.72 Å². The Hall–Kier alpha value is -3.14. The van der Waals surface area contributed by atoms with Crippen molar-refractivity contribution in [3.63, 3.8) is 0 Å². The van der Waals surface area contributed by atoms with Gasteiger partial charge in [0.15, 0.2) is 5.69 Å². The first-order valence-corrected chi connectivity index (χ1v) is 10.5. The van der Waals surface area contributed by atoms with Crippen LogP contribution in [0.1, 0.15) is 43.8 Å². The average molecular weight is 385 g/mol. The molecule has 0 spiro atoms. The summed E-state index contributed by atoms with van der Waals surface area (Å²) in [5.41, 5.74) is 5.02. The maximum Gasteiger partial charge on any atom is 0.318 e. The quantitative estimate of drug-likeness (QED) is 0.477. The van der Waals surface area contributed by atoms with Gasteiger partial charge in [-0.3, -0.25) is 0 Å². The predicted octanol–water partition coefficient (Wildman–Crippen LogP) is 5.45. The van der Waals surface area contributed by atoms with Crippen molar-refractivity contribution < 1.29 is 9.20 Å². The van der Waals surface area contributed by atoms with Gasteiger partial charge in [-0.05, 0) is 25.0 Å². The molecule has 2 aromatic heterocycles. The van der Waals surface area contributed by atoms with Gasteiger partial charge in [-0.15, -0.1) is 0 Å². The van der Waals surface area contributed by atoms with Crippen molar-refractivity contribution in [2.24, 2.45) is 0 Å². The number of hydrogen-bond donors (Lipinski definition) is 1. The molecule has 2 heterocycles. The Balaban J connectivity index is 1.80. The second-order valence-corrected chi connectivity index (χ2v) is 8.02. The zero-order valence-corrected chi connectivity index (χ0v) is 16.8. The van der Waals surface area contributed by atoms with Crippen molar-refractivity contribution >= 4 is 28.1 Å². The third kappa shape index (κ3) is 3.19. The molecule has 5 rings (SSSR count). The highest BCUT2D eigenvalue weighted by molar-refractivity contribution is 5.92. The molecule has 1 aliphatic carbocycles. The molecule has 0 unspecified atom stereocenters. The van der Waals surface area contributed by atoms with Gasteiger partial charge in [0.2, 0.25) is 0 Å². The largest absolute Gasteiger partial charge is 0.376 e. The van der Waals surface area contributed by atoms with E-state index in [4.69, 9.17) is 0 Å². The van der Waals surface area contributed by atoms with Gasteiger partial charge in [-0.2, -0.15) is 8.97 Å². The van der Waals surface area contributed by atoms with Crippen molar-refractivity contribution in [1.29, 1.82) is 0 Å². The fourth-order valence-corrected chi connectivity index (χ4v) is 4.65. The van der Waals surface area contributed by atoms with E-state index in [2.05, 4.69) is 58.4 Å². The second-order valence-electron chi connectivity index (χ2n) is 8.02. The molecule has 0 aliphatic heterocycles.